The van der Waals surface area contributed by atoms with Crippen LogP contribution in [-0.4, -0.2) is 18.8 Å². The molecule has 0 saturated heterocycles. The third kappa shape index (κ3) is 2.79. The molecule has 1 aromatic rings. The van der Waals surface area contributed by atoms with Crippen molar-refractivity contribution >= 4 is 21.6 Å². The molecule has 106 valence electrons. The zero-order valence-corrected chi connectivity index (χ0v) is 13.3. The number of rotatable bonds is 5. The molecule has 0 amide bonds. The van der Waals surface area contributed by atoms with E-state index in [4.69, 9.17) is 4.74 Å². The van der Waals surface area contributed by atoms with Crippen molar-refractivity contribution < 1.29 is 9.13 Å². The Hall–Kier alpha value is -0.610. The van der Waals surface area contributed by atoms with Crippen LogP contribution in [-0.2, 0) is 4.74 Å². The van der Waals surface area contributed by atoms with Gasteiger partial charge in [-0.25, -0.2) is 4.39 Å². The molecule has 1 aliphatic carbocycles. The van der Waals surface area contributed by atoms with Gasteiger partial charge in [-0.1, -0.05) is 29.8 Å². The highest BCUT2D eigenvalue weighted by molar-refractivity contribution is 9.10. The molecule has 2 rings (SSSR count). The number of benzene rings is 1. The van der Waals surface area contributed by atoms with Gasteiger partial charge in [0.2, 0.25) is 0 Å². The molecule has 1 saturated carbocycles. The maximum absolute atomic E-state index is 13.8. The van der Waals surface area contributed by atoms with Gasteiger partial charge in [-0.05, 0) is 38.0 Å². The van der Waals surface area contributed by atoms with Gasteiger partial charge in [-0.2, -0.15) is 0 Å². The Morgan fingerprint density at radius 1 is 1.47 bits per heavy atom. The Balaban J connectivity index is 2.08. The SMILES string of the molecule is CCOC1CC(Nc2ccc(Br)cc2F)C1(C)CC. The summed E-state index contributed by atoms with van der Waals surface area (Å²) in [6.45, 7) is 7.13. The molecule has 4 heteroatoms. The minimum absolute atomic E-state index is 0.0789. The van der Waals surface area contributed by atoms with Crippen LogP contribution in [0.25, 0.3) is 0 Å². The number of ether oxygens (including phenoxy) is 1. The quantitative estimate of drug-likeness (QED) is 0.852. The van der Waals surface area contributed by atoms with Gasteiger partial charge in [0.25, 0.3) is 0 Å². The summed E-state index contributed by atoms with van der Waals surface area (Å²) >= 11 is 3.27. The average Bonchev–Trinajstić information content (AvgIpc) is 2.39. The molecule has 0 spiro atoms. The van der Waals surface area contributed by atoms with E-state index in [0.29, 0.717) is 5.69 Å². The lowest BCUT2D eigenvalue weighted by atomic mass is 9.61. The molecule has 1 aliphatic rings. The van der Waals surface area contributed by atoms with E-state index < -0.39 is 0 Å². The van der Waals surface area contributed by atoms with E-state index in [0.717, 1.165) is 23.9 Å². The summed E-state index contributed by atoms with van der Waals surface area (Å²) in [4.78, 5) is 0. The molecular formula is C15H21BrFNO. The maximum atomic E-state index is 13.8. The second-order valence-electron chi connectivity index (χ2n) is 5.36. The number of hydrogen-bond donors (Lipinski definition) is 1. The minimum Gasteiger partial charge on any atom is -0.379 e. The molecule has 0 bridgehead atoms. The second kappa shape index (κ2) is 5.80. The van der Waals surface area contributed by atoms with Gasteiger partial charge < -0.3 is 10.1 Å². The fourth-order valence-electron chi connectivity index (χ4n) is 2.77. The van der Waals surface area contributed by atoms with E-state index in [2.05, 4.69) is 35.1 Å². The van der Waals surface area contributed by atoms with Crippen LogP contribution in [0.4, 0.5) is 10.1 Å². The van der Waals surface area contributed by atoms with Crippen molar-refractivity contribution in [2.45, 2.75) is 45.8 Å². The van der Waals surface area contributed by atoms with E-state index in [1.807, 2.05) is 13.0 Å². The van der Waals surface area contributed by atoms with E-state index in [-0.39, 0.29) is 23.4 Å². The third-order valence-corrected chi connectivity index (χ3v) is 4.87. The second-order valence-corrected chi connectivity index (χ2v) is 6.28. The molecular weight excluding hydrogens is 309 g/mol. The Morgan fingerprint density at radius 3 is 2.79 bits per heavy atom. The minimum atomic E-state index is -0.215. The van der Waals surface area contributed by atoms with Crippen molar-refractivity contribution in [3.05, 3.63) is 28.5 Å². The van der Waals surface area contributed by atoms with Crippen molar-refractivity contribution in [1.29, 1.82) is 0 Å². The number of hydrogen-bond acceptors (Lipinski definition) is 2. The Labute approximate surface area is 122 Å². The molecule has 3 atom stereocenters. The molecule has 0 aliphatic heterocycles. The molecule has 1 N–H and O–H groups in total. The lowest BCUT2D eigenvalue weighted by molar-refractivity contribution is -0.109. The van der Waals surface area contributed by atoms with E-state index >= 15 is 0 Å². The average molecular weight is 330 g/mol. The first kappa shape index (κ1) is 14.8. The van der Waals surface area contributed by atoms with Gasteiger partial charge in [0.05, 0.1) is 11.8 Å². The number of nitrogens with one attached hydrogen (secondary N) is 1. The van der Waals surface area contributed by atoms with Crippen molar-refractivity contribution in [1.82, 2.24) is 0 Å². The lowest BCUT2D eigenvalue weighted by Gasteiger charge is -2.53. The lowest BCUT2D eigenvalue weighted by Crippen LogP contribution is -2.59. The van der Waals surface area contributed by atoms with Crippen LogP contribution in [0.1, 0.15) is 33.6 Å². The fourth-order valence-corrected chi connectivity index (χ4v) is 3.10. The topological polar surface area (TPSA) is 21.3 Å². The van der Waals surface area contributed by atoms with Gasteiger partial charge >= 0.3 is 0 Å². The Morgan fingerprint density at radius 2 is 2.21 bits per heavy atom. The summed E-state index contributed by atoms with van der Waals surface area (Å²) in [6.07, 6.45) is 2.24. The van der Waals surface area contributed by atoms with Gasteiger partial charge in [0.1, 0.15) is 5.82 Å². The van der Waals surface area contributed by atoms with Crippen LogP contribution >= 0.6 is 15.9 Å². The third-order valence-electron chi connectivity index (χ3n) is 4.37. The molecule has 2 nitrogen and oxygen atoms in total. The van der Waals surface area contributed by atoms with Gasteiger partial charge in [0, 0.05) is 22.5 Å². The number of anilines is 1. The normalized spacial score (nSPS) is 29.9. The van der Waals surface area contributed by atoms with Gasteiger partial charge in [0.15, 0.2) is 0 Å². The Bertz CT molecular complexity index is 454. The monoisotopic (exact) mass is 329 g/mol. The first-order valence-corrected chi connectivity index (χ1v) is 7.63. The molecule has 0 aromatic heterocycles. The first-order chi connectivity index (χ1) is 9.01. The van der Waals surface area contributed by atoms with Crippen LogP contribution in [0, 0.1) is 11.2 Å². The van der Waals surface area contributed by atoms with E-state index in [1.54, 1.807) is 6.07 Å². The summed E-state index contributed by atoms with van der Waals surface area (Å²) in [5.41, 5.74) is 0.651. The predicted octanol–water partition coefficient (Wildman–Crippen LogP) is 4.59. The molecule has 1 aromatic carbocycles. The summed E-state index contributed by atoms with van der Waals surface area (Å²) in [5, 5.41) is 3.33. The highest BCUT2D eigenvalue weighted by atomic mass is 79.9. The summed E-state index contributed by atoms with van der Waals surface area (Å²) in [7, 11) is 0. The zero-order chi connectivity index (χ0) is 14.0. The molecule has 0 radical (unpaired) electrons. The molecule has 3 unspecified atom stereocenters. The van der Waals surface area contributed by atoms with Crippen LogP contribution in [0.15, 0.2) is 22.7 Å². The van der Waals surface area contributed by atoms with Gasteiger partial charge in [-0.15, -0.1) is 0 Å². The highest BCUT2D eigenvalue weighted by Gasteiger charge is 2.51. The van der Waals surface area contributed by atoms with Crippen molar-refractivity contribution in [2.24, 2.45) is 5.41 Å². The van der Waals surface area contributed by atoms with E-state index in [9.17, 15) is 4.39 Å². The smallest absolute Gasteiger partial charge is 0.147 e. The predicted molar refractivity (Wildman–Crippen MR) is 79.9 cm³/mol. The van der Waals surface area contributed by atoms with Crippen molar-refractivity contribution in [2.75, 3.05) is 11.9 Å². The van der Waals surface area contributed by atoms with E-state index in [1.165, 1.54) is 6.07 Å². The van der Waals surface area contributed by atoms with Crippen molar-refractivity contribution in [3.63, 3.8) is 0 Å². The summed E-state index contributed by atoms with van der Waals surface area (Å²) < 4.78 is 20.4. The molecule has 0 heterocycles. The van der Waals surface area contributed by atoms with Crippen LogP contribution in [0.3, 0.4) is 0 Å². The summed E-state index contributed by atoms with van der Waals surface area (Å²) in [6, 6.07) is 5.39. The summed E-state index contributed by atoms with van der Waals surface area (Å²) in [5.74, 6) is -0.215. The highest BCUT2D eigenvalue weighted by Crippen LogP contribution is 2.47. The maximum Gasteiger partial charge on any atom is 0.147 e. The Kier molecular flexibility index (Phi) is 4.51. The zero-order valence-electron chi connectivity index (χ0n) is 11.7. The largest absolute Gasteiger partial charge is 0.379 e. The fraction of sp³-hybridized carbons (Fsp3) is 0.600. The number of halogens is 2. The van der Waals surface area contributed by atoms with Crippen molar-refractivity contribution in [3.8, 4) is 0 Å². The van der Waals surface area contributed by atoms with Crippen LogP contribution in [0.2, 0.25) is 0 Å². The molecule has 1 fully saturated rings. The first-order valence-electron chi connectivity index (χ1n) is 6.84. The molecule has 19 heavy (non-hydrogen) atoms. The van der Waals surface area contributed by atoms with Crippen LogP contribution in [0.5, 0.6) is 0 Å². The van der Waals surface area contributed by atoms with Crippen LogP contribution < -0.4 is 5.32 Å². The standard InChI is InChI=1S/C15H21BrFNO/c1-4-15(3)13(9-14(15)19-5-2)18-12-7-6-10(16)8-11(12)17/h6-8,13-14,18H,4-5,9H2,1-3H3. The van der Waals surface area contributed by atoms with Gasteiger partial charge in [-0.3, -0.25) is 0 Å².